The zero-order valence-electron chi connectivity index (χ0n) is 17.2. The van der Waals surface area contributed by atoms with Crippen LogP contribution in [-0.4, -0.2) is 20.4 Å². The summed E-state index contributed by atoms with van der Waals surface area (Å²) in [6, 6.07) is 34.8. The summed E-state index contributed by atoms with van der Waals surface area (Å²) in [7, 11) is 0. The second-order valence-corrected chi connectivity index (χ2v) is 6.09. The first kappa shape index (κ1) is 22.0. The molecule has 158 valence electrons. The Bertz CT molecular complexity index is 1030. The van der Waals surface area contributed by atoms with Gasteiger partial charge in [0.25, 0.3) is 0 Å². The minimum Gasteiger partial charge on any atom is -0.283 e. The molecule has 0 aliphatic heterocycles. The minimum absolute atomic E-state index is 0.540. The molecule has 0 fully saturated rings. The number of hydrogen-bond acceptors (Lipinski definition) is 6. The molecule has 2 heterocycles. The van der Waals surface area contributed by atoms with Crippen molar-refractivity contribution in [1.29, 1.82) is 0 Å². The van der Waals surface area contributed by atoms with Gasteiger partial charge >= 0.3 is 0 Å². The van der Waals surface area contributed by atoms with E-state index >= 15 is 0 Å². The third-order valence-corrected chi connectivity index (χ3v) is 3.69. The molecule has 0 spiro atoms. The quantitative estimate of drug-likeness (QED) is 0.296. The number of aromatic nitrogens is 4. The van der Waals surface area contributed by atoms with E-state index in [0.717, 1.165) is 11.4 Å². The van der Waals surface area contributed by atoms with Crippen LogP contribution in [0.1, 0.15) is 0 Å². The van der Waals surface area contributed by atoms with E-state index in [2.05, 4.69) is 40.9 Å². The van der Waals surface area contributed by atoms with Gasteiger partial charge in [-0.2, -0.15) is 20.4 Å². The first-order valence-electron chi connectivity index (χ1n) is 9.83. The zero-order chi connectivity index (χ0) is 22.1. The van der Waals surface area contributed by atoms with Crippen LogP contribution >= 0.6 is 0 Å². The maximum absolute atomic E-state index is 4.10. The summed E-state index contributed by atoms with van der Waals surface area (Å²) in [4.78, 5) is 0. The van der Waals surface area contributed by atoms with E-state index in [4.69, 9.17) is 0 Å². The number of benzene rings is 3. The average molecular weight is 422 g/mol. The molecule has 0 saturated heterocycles. The lowest BCUT2D eigenvalue weighted by Gasteiger charge is -1.91. The van der Waals surface area contributed by atoms with Crippen LogP contribution in [0.3, 0.4) is 0 Å². The second kappa shape index (κ2) is 13.5. The van der Waals surface area contributed by atoms with E-state index in [-0.39, 0.29) is 0 Å². The van der Waals surface area contributed by atoms with E-state index in [1.165, 1.54) is 0 Å². The summed E-state index contributed by atoms with van der Waals surface area (Å²) in [5.74, 6) is 1.08. The van der Waals surface area contributed by atoms with Crippen LogP contribution in [0.4, 0.5) is 23.0 Å². The van der Waals surface area contributed by atoms with Crippen LogP contribution in [0, 0.1) is 0 Å². The van der Waals surface area contributed by atoms with Gasteiger partial charge in [0.1, 0.15) is 0 Å². The molecule has 0 unspecified atom stereocenters. The summed E-state index contributed by atoms with van der Waals surface area (Å²) < 4.78 is 0. The molecule has 32 heavy (non-hydrogen) atoms. The smallest absolute Gasteiger partial charge is 0.195 e. The van der Waals surface area contributed by atoms with Crippen molar-refractivity contribution < 1.29 is 0 Å². The van der Waals surface area contributed by atoms with Crippen molar-refractivity contribution in [3.05, 3.63) is 122 Å². The molecule has 5 aromatic rings. The van der Waals surface area contributed by atoms with E-state index in [0.29, 0.717) is 11.6 Å². The van der Waals surface area contributed by atoms with Crippen molar-refractivity contribution >= 4 is 23.0 Å². The van der Waals surface area contributed by atoms with Crippen molar-refractivity contribution in [3.8, 4) is 0 Å². The Morgan fingerprint density at radius 2 is 0.750 bits per heavy atom. The number of azo groups is 2. The SMILES string of the molecule is c1cc(N=Nc2cc[nH]n2)n[nH]1.c1ccc(N=Nc2ccccc2)cc1.c1ccccc1. The number of aromatic amines is 2. The lowest BCUT2D eigenvalue weighted by Crippen LogP contribution is -1.64. The van der Waals surface area contributed by atoms with Crippen molar-refractivity contribution in [1.82, 2.24) is 20.4 Å². The van der Waals surface area contributed by atoms with Crippen LogP contribution in [0.15, 0.2) is 142 Å². The normalized spacial score (nSPS) is 10.2. The highest BCUT2D eigenvalue weighted by atomic mass is 15.3. The Balaban J connectivity index is 0.000000146. The summed E-state index contributed by atoms with van der Waals surface area (Å²) in [5.41, 5.74) is 1.74. The van der Waals surface area contributed by atoms with Gasteiger partial charge in [0.2, 0.25) is 0 Å². The maximum Gasteiger partial charge on any atom is 0.195 e. The summed E-state index contributed by atoms with van der Waals surface area (Å²) in [6.45, 7) is 0. The van der Waals surface area contributed by atoms with Crippen LogP contribution in [-0.2, 0) is 0 Å². The molecule has 2 N–H and O–H groups in total. The monoisotopic (exact) mass is 422 g/mol. The first-order valence-corrected chi connectivity index (χ1v) is 9.83. The molecule has 0 bridgehead atoms. The van der Waals surface area contributed by atoms with Gasteiger partial charge in [-0.25, -0.2) is 0 Å². The third kappa shape index (κ3) is 8.75. The molecular formula is C24H22N8. The van der Waals surface area contributed by atoms with Gasteiger partial charge in [0.05, 0.1) is 11.4 Å². The Labute approximate surface area is 185 Å². The fourth-order valence-electron chi connectivity index (χ4n) is 2.21. The maximum atomic E-state index is 4.10. The number of nitrogens with one attached hydrogen (secondary N) is 2. The Morgan fingerprint density at radius 1 is 0.406 bits per heavy atom. The van der Waals surface area contributed by atoms with Gasteiger partial charge < -0.3 is 0 Å². The molecule has 0 amide bonds. The first-order chi connectivity index (χ1) is 15.9. The lowest BCUT2D eigenvalue weighted by molar-refractivity contribution is 1.02. The fourth-order valence-corrected chi connectivity index (χ4v) is 2.21. The molecule has 3 aromatic carbocycles. The number of hydrogen-bond donors (Lipinski definition) is 2. The molecule has 0 aliphatic rings. The third-order valence-electron chi connectivity index (χ3n) is 3.69. The minimum atomic E-state index is 0.540. The van der Waals surface area contributed by atoms with Crippen LogP contribution in [0.2, 0.25) is 0 Å². The van der Waals surface area contributed by atoms with Crippen LogP contribution in [0.25, 0.3) is 0 Å². The molecule has 8 heteroatoms. The predicted molar refractivity (Wildman–Crippen MR) is 125 cm³/mol. The Morgan fingerprint density at radius 3 is 1.06 bits per heavy atom. The van der Waals surface area contributed by atoms with E-state index in [9.17, 15) is 0 Å². The Hall–Kier alpha value is -4.72. The molecule has 0 saturated carbocycles. The molecule has 2 aromatic heterocycles. The molecule has 8 nitrogen and oxygen atoms in total. The van der Waals surface area contributed by atoms with Gasteiger partial charge in [-0.05, 0) is 24.3 Å². The highest BCUT2D eigenvalue weighted by molar-refractivity contribution is 5.39. The van der Waals surface area contributed by atoms with E-state index in [1.807, 2.05) is 97.1 Å². The highest BCUT2D eigenvalue weighted by Gasteiger charge is 1.91. The van der Waals surface area contributed by atoms with E-state index in [1.54, 1.807) is 24.5 Å². The van der Waals surface area contributed by atoms with E-state index < -0.39 is 0 Å². The van der Waals surface area contributed by atoms with Gasteiger partial charge in [0.15, 0.2) is 11.6 Å². The predicted octanol–water partition coefficient (Wildman–Crippen LogP) is 7.34. The zero-order valence-corrected chi connectivity index (χ0v) is 17.2. The topological polar surface area (TPSA) is 107 Å². The van der Waals surface area contributed by atoms with Crippen molar-refractivity contribution in [3.63, 3.8) is 0 Å². The van der Waals surface area contributed by atoms with Crippen molar-refractivity contribution in [2.75, 3.05) is 0 Å². The fraction of sp³-hybridized carbons (Fsp3) is 0. The standard InChI is InChI=1S/C12H10N2.C6H6N6.C6H6/c1-3-7-11(8-4-1)13-14-12-9-5-2-6-10-12;1-3-7-9-5(1)11-12-6-2-4-8-10-6;1-2-4-6-5-3-1/h1-10H;1-4H,(H,7,9)(H,8,10);1-6H. The number of nitrogens with zero attached hydrogens (tertiary/aromatic N) is 6. The summed E-state index contributed by atoms with van der Waals surface area (Å²) >= 11 is 0. The largest absolute Gasteiger partial charge is 0.283 e. The summed E-state index contributed by atoms with van der Waals surface area (Å²) in [6.07, 6.45) is 3.36. The number of rotatable bonds is 4. The van der Waals surface area contributed by atoms with Crippen LogP contribution < -0.4 is 0 Å². The van der Waals surface area contributed by atoms with Gasteiger partial charge in [-0.3, -0.25) is 10.2 Å². The molecule has 0 atom stereocenters. The Kier molecular flexibility index (Phi) is 9.27. The van der Waals surface area contributed by atoms with Crippen LogP contribution in [0.5, 0.6) is 0 Å². The van der Waals surface area contributed by atoms with Gasteiger partial charge in [0, 0.05) is 24.5 Å². The van der Waals surface area contributed by atoms with Gasteiger partial charge in [-0.1, -0.05) is 72.8 Å². The average Bonchev–Trinajstić information content (AvgIpc) is 3.59. The van der Waals surface area contributed by atoms with Gasteiger partial charge in [-0.15, -0.1) is 10.2 Å². The summed E-state index contributed by atoms with van der Waals surface area (Å²) in [5, 5.41) is 28.7. The lowest BCUT2D eigenvalue weighted by atomic mass is 10.3. The molecule has 5 rings (SSSR count). The molecular weight excluding hydrogens is 400 g/mol. The van der Waals surface area contributed by atoms with Crippen molar-refractivity contribution in [2.24, 2.45) is 20.5 Å². The molecule has 0 radical (unpaired) electrons. The number of H-pyrrole nitrogens is 2. The highest BCUT2D eigenvalue weighted by Crippen LogP contribution is 2.16. The second-order valence-electron chi connectivity index (χ2n) is 6.09. The van der Waals surface area contributed by atoms with Crippen molar-refractivity contribution in [2.45, 2.75) is 0 Å². The molecule has 0 aliphatic carbocycles.